The highest BCUT2D eigenvalue weighted by Crippen LogP contribution is 2.54. The highest BCUT2D eigenvalue weighted by molar-refractivity contribution is 7.90. The van der Waals surface area contributed by atoms with Gasteiger partial charge in [-0.1, -0.05) is 44.2 Å². The second-order valence-electron chi connectivity index (χ2n) is 22.1. The van der Waals surface area contributed by atoms with E-state index in [0.717, 1.165) is 63.8 Å². The fourth-order valence-electron chi connectivity index (χ4n) is 12.0. The summed E-state index contributed by atoms with van der Waals surface area (Å²) in [5.74, 6) is -1.30. The molecule has 4 N–H and O–H groups in total. The van der Waals surface area contributed by atoms with Gasteiger partial charge in [0.2, 0.25) is 5.82 Å². The van der Waals surface area contributed by atoms with Crippen LogP contribution >= 0.6 is 0 Å². The maximum Gasteiger partial charge on any atom is 0.312 e. The number of piperazine rings is 1. The van der Waals surface area contributed by atoms with Gasteiger partial charge in [-0.15, -0.1) is 0 Å². The summed E-state index contributed by atoms with van der Waals surface area (Å²) in [6, 6.07) is 21.3. The quantitative estimate of drug-likeness (QED) is 0.0494. The van der Waals surface area contributed by atoms with Gasteiger partial charge in [-0.25, -0.2) is 26.9 Å². The zero-order chi connectivity index (χ0) is 55.1. The van der Waals surface area contributed by atoms with Crippen LogP contribution in [0.4, 0.5) is 26.0 Å². The largest absolute Gasteiger partial charge is 0.497 e. The molecule has 10 rings (SSSR count). The topological polar surface area (TPSA) is 218 Å². The molecule has 1 amide bonds. The summed E-state index contributed by atoms with van der Waals surface area (Å²) in [7, 11) is -1.86. The van der Waals surface area contributed by atoms with Gasteiger partial charge in [-0.3, -0.25) is 24.7 Å². The van der Waals surface area contributed by atoms with Gasteiger partial charge in [0, 0.05) is 99.6 Å². The smallest absolute Gasteiger partial charge is 0.312 e. The summed E-state index contributed by atoms with van der Waals surface area (Å²) in [5.41, 5.74) is 2.73. The first-order chi connectivity index (χ1) is 37.3. The molecule has 3 aromatic heterocycles. The number of fused-ring (bicyclic) bond motifs is 1. The molecule has 0 unspecified atom stereocenters. The van der Waals surface area contributed by atoms with E-state index in [1.807, 2.05) is 16.9 Å². The molecule has 2 saturated heterocycles. The van der Waals surface area contributed by atoms with Gasteiger partial charge in [0.05, 0.1) is 41.9 Å². The van der Waals surface area contributed by atoms with Crippen molar-refractivity contribution in [1.82, 2.24) is 29.5 Å². The molecular formula is C57H67F2N9O9S. The number of hydrogen-bond acceptors (Lipinski definition) is 15. The van der Waals surface area contributed by atoms with E-state index in [0.29, 0.717) is 80.8 Å². The molecule has 1 atom stereocenters. The van der Waals surface area contributed by atoms with Crippen LogP contribution in [0, 0.1) is 33.1 Å². The number of pyridine rings is 2. The summed E-state index contributed by atoms with van der Waals surface area (Å²) in [6.45, 7) is 10.9. The highest BCUT2D eigenvalue weighted by Gasteiger charge is 2.50. The number of nitro groups is 1. The number of anilines is 2. The number of halogens is 2. The molecule has 18 nitrogen and oxygen atoms in total. The Bertz CT molecular complexity index is 3310. The Hall–Kier alpha value is -6.94. The lowest BCUT2D eigenvalue weighted by atomic mass is 9.59. The molecule has 1 spiro atoms. The molecule has 2 aliphatic heterocycles. The molecule has 3 aromatic carbocycles. The molecule has 0 radical (unpaired) electrons. The average molecular weight is 1090 g/mol. The van der Waals surface area contributed by atoms with E-state index in [1.165, 1.54) is 43.5 Å². The number of piperidine rings is 1. The number of aromatic amines is 1. The van der Waals surface area contributed by atoms with Gasteiger partial charge in [0.15, 0.2) is 5.75 Å². The van der Waals surface area contributed by atoms with Gasteiger partial charge in [0.25, 0.3) is 21.8 Å². The summed E-state index contributed by atoms with van der Waals surface area (Å²) in [4.78, 5) is 43.5. The molecule has 78 heavy (non-hydrogen) atoms. The van der Waals surface area contributed by atoms with Crippen LogP contribution in [0.25, 0.3) is 11.0 Å². The number of carbonyl (C=O) groups is 1. The maximum atomic E-state index is 15.2. The van der Waals surface area contributed by atoms with Crippen molar-refractivity contribution in [1.29, 1.82) is 0 Å². The van der Waals surface area contributed by atoms with Crippen LogP contribution in [0.3, 0.4) is 0 Å². The number of carbonyl (C=O) groups excluding carboxylic acids is 1. The summed E-state index contributed by atoms with van der Waals surface area (Å²) < 4.78 is 77.1. The third-order valence-electron chi connectivity index (χ3n) is 16.6. The van der Waals surface area contributed by atoms with Crippen LogP contribution in [-0.4, -0.2) is 114 Å². The first-order valence-corrected chi connectivity index (χ1v) is 28.2. The van der Waals surface area contributed by atoms with Crippen LogP contribution in [0.1, 0.15) is 111 Å². The standard InChI is InChI=1S/C57H67F2N9O9S/c1-35(2)42-8-6-7-9-43(42)49-34-65(33-37-10-12-40(75-4)25-46(37)58)22-23-67(49)39-28-57(29-39)18-20-66(21-19-57)38-11-13-44(50(24-38)77-51-27-45-47(59)32-62-52(45)63-55(51)76-5)54(69)64-78(73,74)41-26-48(68(71)72)53(61-31-41)60-30-36-14-16-56(3,70)17-15-36/h6-13,24-27,31-32,35-36,39,49,70H,14-23,28-30,33-34H2,1-5H3,(H,60,61)(H,62,63)(H,64,69)/t36?,49-,56?/m0/s1. The monoisotopic (exact) mass is 1090 g/mol. The number of benzene rings is 3. The summed E-state index contributed by atoms with van der Waals surface area (Å²) >= 11 is 0. The number of aromatic nitrogens is 3. The first-order valence-electron chi connectivity index (χ1n) is 26.7. The fraction of sp³-hybridized carbons (Fsp3) is 0.456. The molecule has 21 heteroatoms. The number of amides is 1. The molecule has 2 aliphatic carbocycles. The Kier molecular flexibility index (Phi) is 15.4. The molecule has 0 bridgehead atoms. The molecule has 2 saturated carbocycles. The van der Waals surface area contributed by atoms with Crippen LogP contribution in [0.15, 0.2) is 90.1 Å². The number of sulfonamides is 1. The highest BCUT2D eigenvalue weighted by atomic mass is 32.2. The third-order valence-corrected chi connectivity index (χ3v) is 17.9. The van der Waals surface area contributed by atoms with Crippen molar-refractivity contribution in [3.8, 4) is 23.1 Å². The molecule has 6 aromatic rings. The number of nitrogens with one attached hydrogen (secondary N) is 3. The molecule has 4 aliphatic rings. The lowest BCUT2D eigenvalue weighted by molar-refractivity contribution is -0.384. The van der Waals surface area contributed by atoms with E-state index in [4.69, 9.17) is 14.2 Å². The molecular weight excluding hydrogens is 1020 g/mol. The number of ether oxygens (including phenoxy) is 3. The minimum Gasteiger partial charge on any atom is -0.497 e. The molecule has 4 fully saturated rings. The number of H-pyrrole nitrogens is 1. The number of nitrogens with zero attached hydrogens (tertiary/aromatic N) is 6. The zero-order valence-corrected chi connectivity index (χ0v) is 45.4. The van der Waals surface area contributed by atoms with Crippen molar-refractivity contribution in [3.63, 3.8) is 0 Å². The van der Waals surface area contributed by atoms with E-state index in [-0.39, 0.29) is 63.0 Å². The van der Waals surface area contributed by atoms with Crippen LogP contribution in [0.2, 0.25) is 0 Å². The Morgan fingerprint density at radius 2 is 1.71 bits per heavy atom. The number of hydrogen-bond donors (Lipinski definition) is 4. The Balaban J connectivity index is 0.857. The Morgan fingerprint density at radius 3 is 2.41 bits per heavy atom. The summed E-state index contributed by atoms with van der Waals surface area (Å²) in [6.07, 6.45) is 8.54. The van der Waals surface area contributed by atoms with Crippen molar-refractivity contribution in [2.75, 3.05) is 63.7 Å². The second kappa shape index (κ2) is 22.1. The SMILES string of the molecule is COc1ccc(CN2CCN(C3CC4(CCN(c5ccc(C(=O)NS(=O)(=O)c6cnc(NCC7CCC(C)(O)CC7)c([N+](=O)[O-])c6)c(Oc6cc7c(F)c[nH]c7nc6OC)c5)CC4)C3)[C@H](c3ccccc3C(C)C)C2)c(F)c1. The lowest BCUT2D eigenvalue weighted by Crippen LogP contribution is -2.60. The van der Waals surface area contributed by atoms with Gasteiger partial charge in [-0.2, -0.15) is 4.98 Å². The van der Waals surface area contributed by atoms with Gasteiger partial charge < -0.3 is 34.5 Å². The Labute approximate surface area is 452 Å². The van der Waals surface area contributed by atoms with Crippen LogP contribution in [0.5, 0.6) is 23.1 Å². The number of aliphatic hydroxyl groups is 1. The fourth-order valence-corrected chi connectivity index (χ4v) is 13.0. The van der Waals surface area contributed by atoms with Gasteiger partial charge >= 0.3 is 5.69 Å². The van der Waals surface area contributed by atoms with E-state index >= 15 is 4.39 Å². The van der Waals surface area contributed by atoms with Crippen molar-refractivity contribution in [2.45, 2.75) is 107 Å². The van der Waals surface area contributed by atoms with E-state index in [1.54, 1.807) is 19.1 Å². The maximum absolute atomic E-state index is 15.2. The number of methoxy groups -OCH3 is 2. The predicted molar refractivity (Wildman–Crippen MR) is 291 cm³/mol. The number of rotatable bonds is 17. The van der Waals surface area contributed by atoms with Crippen LogP contribution < -0.4 is 29.1 Å². The van der Waals surface area contributed by atoms with Crippen molar-refractivity contribution in [3.05, 3.63) is 129 Å². The third kappa shape index (κ3) is 11.5. The van der Waals surface area contributed by atoms with Crippen molar-refractivity contribution >= 4 is 44.2 Å². The lowest BCUT2D eigenvalue weighted by Gasteiger charge is -2.58. The van der Waals surface area contributed by atoms with Gasteiger partial charge in [-0.05, 0) is 105 Å². The summed E-state index contributed by atoms with van der Waals surface area (Å²) in [5, 5.41) is 25.7. The normalized spacial score (nSPS) is 21.1. The van der Waals surface area contributed by atoms with E-state index in [9.17, 15) is 32.8 Å². The zero-order valence-electron chi connectivity index (χ0n) is 44.6. The molecule has 414 valence electrons. The predicted octanol–water partition coefficient (Wildman–Crippen LogP) is 9.86. The van der Waals surface area contributed by atoms with Crippen molar-refractivity contribution in [2.24, 2.45) is 11.3 Å². The van der Waals surface area contributed by atoms with E-state index < -0.39 is 42.9 Å². The second-order valence-corrected chi connectivity index (χ2v) is 23.8. The van der Waals surface area contributed by atoms with Crippen LogP contribution in [-0.2, 0) is 16.6 Å². The molecule has 5 heterocycles. The Morgan fingerprint density at radius 1 is 0.949 bits per heavy atom. The first kappa shape index (κ1) is 54.4. The minimum atomic E-state index is -4.76. The average Bonchev–Trinajstić information content (AvgIpc) is 3.92. The van der Waals surface area contributed by atoms with Crippen molar-refractivity contribution < 1.29 is 46.2 Å². The van der Waals surface area contributed by atoms with E-state index in [2.05, 4.69) is 73.1 Å². The van der Waals surface area contributed by atoms with Gasteiger partial charge in [0.1, 0.15) is 33.7 Å². The minimum absolute atomic E-state index is 0.0295.